The average Bonchev–Trinajstić information content (AvgIpc) is 2.87. The third kappa shape index (κ3) is 2.40. The maximum Gasteiger partial charge on any atom is 0.131 e. The molecule has 0 aliphatic heterocycles. The Balaban J connectivity index is 2.22. The zero-order valence-electron chi connectivity index (χ0n) is 12.2. The number of benzene rings is 1. The lowest BCUT2D eigenvalue weighted by atomic mass is 10.0. The molecule has 0 atom stereocenters. The van der Waals surface area contributed by atoms with Crippen LogP contribution in [0.15, 0.2) is 54.7 Å². The van der Waals surface area contributed by atoms with Crippen molar-refractivity contribution in [2.24, 2.45) is 0 Å². The Kier molecular flexibility index (Phi) is 3.44. The average molecular weight is 278 g/mol. The SMILES string of the molecule is CC(C)c1c(-c2ccccn2)nn(-c2ccccc2)c1N. The van der Waals surface area contributed by atoms with E-state index in [1.807, 2.05) is 48.5 Å². The van der Waals surface area contributed by atoms with Crippen molar-refractivity contribution in [3.63, 3.8) is 0 Å². The summed E-state index contributed by atoms with van der Waals surface area (Å²) in [5.74, 6) is 0.955. The lowest BCUT2D eigenvalue weighted by molar-refractivity contribution is 0.867. The fraction of sp³-hybridized carbons (Fsp3) is 0.176. The number of nitrogens with zero attached hydrogens (tertiary/aromatic N) is 3. The Morgan fingerprint density at radius 3 is 2.33 bits per heavy atom. The molecule has 0 aliphatic rings. The second kappa shape index (κ2) is 5.40. The van der Waals surface area contributed by atoms with E-state index in [0.29, 0.717) is 5.82 Å². The van der Waals surface area contributed by atoms with E-state index in [2.05, 4.69) is 18.8 Å². The first-order valence-electron chi connectivity index (χ1n) is 7.03. The van der Waals surface area contributed by atoms with E-state index in [0.717, 1.165) is 22.6 Å². The van der Waals surface area contributed by atoms with Crippen LogP contribution in [0.3, 0.4) is 0 Å². The summed E-state index contributed by atoms with van der Waals surface area (Å²) in [5, 5.41) is 4.70. The molecule has 3 rings (SSSR count). The summed E-state index contributed by atoms with van der Waals surface area (Å²) in [4.78, 5) is 4.41. The molecule has 0 saturated carbocycles. The van der Waals surface area contributed by atoms with Gasteiger partial charge in [0.1, 0.15) is 11.5 Å². The molecule has 0 aliphatic carbocycles. The van der Waals surface area contributed by atoms with Crippen LogP contribution in [0, 0.1) is 0 Å². The number of hydrogen-bond donors (Lipinski definition) is 1. The summed E-state index contributed by atoms with van der Waals surface area (Å²) in [5.41, 5.74) is 10.0. The first kappa shape index (κ1) is 13.4. The van der Waals surface area contributed by atoms with Gasteiger partial charge in [-0.25, -0.2) is 4.68 Å². The zero-order valence-corrected chi connectivity index (χ0v) is 12.2. The predicted molar refractivity (Wildman–Crippen MR) is 85.3 cm³/mol. The monoisotopic (exact) mass is 278 g/mol. The molecule has 2 aromatic heterocycles. The number of aromatic nitrogens is 3. The molecular formula is C17H18N4. The van der Waals surface area contributed by atoms with Gasteiger partial charge in [0.15, 0.2) is 0 Å². The van der Waals surface area contributed by atoms with E-state index in [9.17, 15) is 0 Å². The van der Waals surface area contributed by atoms with Crippen molar-refractivity contribution in [1.82, 2.24) is 14.8 Å². The fourth-order valence-corrected chi connectivity index (χ4v) is 2.47. The van der Waals surface area contributed by atoms with Crippen LogP contribution in [-0.4, -0.2) is 14.8 Å². The summed E-state index contributed by atoms with van der Waals surface area (Å²) in [6, 6.07) is 15.7. The second-order valence-corrected chi connectivity index (χ2v) is 5.26. The van der Waals surface area contributed by atoms with Crippen molar-refractivity contribution in [3.05, 3.63) is 60.3 Å². The lowest BCUT2D eigenvalue weighted by Crippen LogP contribution is -2.03. The number of pyridine rings is 1. The summed E-state index contributed by atoms with van der Waals surface area (Å²) in [6.07, 6.45) is 1.77. The molecule has 2 heterocycles. The summed E-state index contributed by atoms with van der Waals surface area (Å²) in [6.45, 7) is 4.24. The Bertz CT molecular complexity index is 730. The Morgan fingerprint density at radius 2 is 1.71 bits per heavy atom. The molecule has 0 saturated heterocycles. The molecule has 0 spiro atoms. The molecular weight excluding hydrogens is 260 g/mol. The molecule has 0 bridgehead atoms. The molecule has 3 aromatic rings. The Hall–Kier alpha value is -2.62. The molecule has 0 fully saturated rings. The lowest BCUT2D eigenvalue weighted by Gasteiger charge is -2.07. The highest BCUT2D eigenvalue weighted by atomic mass is 15.3. The summed E-state index contributed by atoms with van der Waals surface area (Å²) in [7, 11) is 0. The van der Waals surface area contributed by atoms with Gasteiger partial charge in [-0.05, 0) is 30.2 Å². The van der Waals surface area contributed by atoms with Gasteiger partial charge in [-0.2, -0.15) is 5.10 Å². The van der Waals surface area contributed by atoms with Gasteiger partial charge in [0, 0.05) is 11.8 Å². The van der Waals surface area contributed by atoms with Gasteiger partial charge in [-0.3, -0.25) is 4.98 Å². The highest BCUT2D eigenvalue weighted by Crippen LogP contribution is 2.33. The molecule has 4 nitrogen and oxygen atoms in total. The fourth-order valence-electron chi connectivity index (χ4n) is 2.47. The number of nitrogens with two attached hydrogens (primary N) is 1. The maximum absolute atomic E-state index is 6.35. The second-order valence-electron chi connectivity index (χ2n) is 5.26. The van der Waals surface area contributed by atoms with Crippen molar-refractivity contribution in [2.75, 3.05) is 5.73 Å². The van der Waals surface area contributed by atoms with E-state index in [-0.39, 0.29) is 5.92 Å². The van der Waals surface area contributed by atoms with Crippen LogP contribution < -0.4 is 5.73 Å². The molecule has 0 radical (unpaired) electrons. The van der Waals surface area contributed by atoms with Crippen LogP contribution in [0.1, 0.15) is 25.3 Å². The number of para-hydroxylation sites is 1. The van der Waals surface area contributed by atoms with Crippen LogP contribution >= 0.6 is 0 Å². The van der Waals surface area contributed by atoms with Crippen LogP contribution in [0.5, 0.6) is 0 Å². The first-order valence-corrected chi connectivity index (χ1v) is 7.03. The third-order valence-corrected chi connectivity index (χ3v) is 3.44. The quantitative estimate of drug-likeness (QED) is 0.795. The Morgan fingerprint density at radius 1 is 1.00 bits per heavy atom. The molecule has 4 heteroatoms. The van der Waals surface area contributed by atoms with Crippen molar-refractivity contribution < 1.29 is 0 Å². The smallest absolute Gasteiger partial charge is 0.131 e. The molecule has 0 unspecified atom stereocenters. The van der Waals surface area contributed by atoms with E-state index in [1.54, 1.807) is 10.9 Å². The van der Waals surface area contributed by atoms with Gasteiger partial charge in [-0.15, -0.1) is 0 Å². The number of rotatable bonds is 3. The van der Waals surface area contributed by atoms with Crippen LogP contribution in [0.4, 0.5) is 5.82 Å². The summed E-state index contributed by atoms with van der Waals surface area (Å²) < 4.78 is 1.79. The van der Waals surface area contributed by atoms with Crippen molar-refractivity contribution in [1.29, 1.82) is 0 Å². The van der Waals surface area contributed by atoms with Gasteiger partial charge in [0.25, 0.3) is 0 Å². The predicted octanol–water partition coefficient (Wildman–Crippen LogP) is 3.64. The maximum atomic E-state index is 6.35. The molecule has 106 valence electrons. The minimum Gasteiger partial charge on any atom is -0.383 e. The number of nitrogen functional groups attached to an aromatic ring is 1. The van der Waals surface area contributed by atoms with Gasteiger partial charge < -0.3 is 5.73 Å². The zero-order chi connectivity index (χ0) is 14.8. The molecule has 21 heavy (non-hydrogen) atoms. The van der Waals surface area contributed by atoms with Crippen LogP contribution in [0.25, 0.3) is 17.1 Å². The van der Waals surface area contributed by atoms with Gasteiger partial charge in [0.05, 0.1) is 11.4 Å². The Labute approximate surface area is 124 Å². The van der Waals surface area contributed by atoms with Crippen molar-refractivity contribution in [2.45, 2.75) is 19.8 Å². The first-order chi connectivity index (χ1) is 10.2. The van der Waals surface area contributed by atoms with Gasteiger partial charge in [-0.1, -0.05) is 38.1 Å². The highest BCUT2D eigenvalue weighted by Gasteiger charge is 2.20. The molecule has 0 amide bonds. The number of hydrogen-bond acceptors (Lipinski definition) is 3. The summed E-state index contributed by atoms with van der Waals surface area (Å²) >= 11 is 0. The normalized spacial score (nSPS) is 11.0. The van der Waals surface area contributed by atoms with Crippen molar-refractivity contribution >= 4 is 5.82 Å². The van der Waals surface area contributed by atoms with Crippen molar-refractivity contribution in [3.8, 4) is 17.1 Å². The molecule has 1 aromatic carbocycles. The largest absolute Gasteiger partial charge is 0.383 e. The van der Waals surface area contributed by atoms with Crippen LogP contribution in [0.2, 0.25) is 0 Å². The van der Waals surface area contributed by atoms with E-state index in [1.165, 1.54) is 0 Å². The molecule has 2 N–H and O–H groups in total. The third-order valence-electron chi connectivity index (χ3n) is 3.44. The topological polar surface area (TPSA) is 56.7 Å². The van der Waals surface area contributed by atoms with Crippen LogP contribution in [-0.2, 0) is 0 Å². The van der Waals surface area contributed by atoms with E-state index < -0.39 is 0 Å². The van der Waals surface area contributed by atoms with Gasteiger partial charge >= 0.3 is 0 Å². The highest BCUT2D eigenvalue weighted by molar-refractivity contribution is 5.68. The van der Waals surface area contributed by atoms with E-state index in [4.69, 9.17) is 10.8 Å². The minimum absolute atomic E-state index is 0.277. The van der Waals surface area contributed by atoms with Gasteiger partial charge in [0.2, 0.25) is 0 Å². The van der Waals surface area contributed by atoms with E-state index >= 15 is 0 Å². The standard InChI is InChI=1S/C17H18N4/c1-12(2)15-16(14-10-6-7-11-19-14)20-21(17(15)18)13-8-4-3-5-9-13/h3-12H,18H2,1-2H3. The minimum atomic E-state index is 0.277. The number of anilines is 1.